The van der Waals surface area contributed by atoms with Crippen LogP contribution in [0.25, 0.3) is 0 Å². The lowest BCUT2D eigenvalue weighted by atomic mass is 10.1. The number of aromatic hydroxyl groups is 1. The van der Waals surface area contributed by atoms with Gasteiger partial charge in [-0.1, -0.05) is 0 Å². The number of nitrogens with zero attached hydrogens (tertiary/aromatic N) is 1. The molecular weight excluding hydrogens is 534 g/mol. The number of carboxylic acid groups (broad SMARTS) is 1. The van der Waals surface area contributed by atoms with Gasteiger partial charge in [0.05, 0.1) is 85.9 Å². The molecule has 2 N–H and O–H groups in total. The fourth-order valence-electron chi connectivity index (χ4n) is 3.09. The summed E-state index contributed by atoms with van der Waals surface area (Å²) in [6, 6.07) is 4.86. The second-order valence-electron chi connectivity index (χ2n) is 8.48. The third-order valence-electron chi connectivity index (χ3n) is 5.29. The monoisotopic (exact) mass is 575 g/mol. The van der Waals surface area contributed by atoms with Gasteiger partial charge < -0.3 is 48.1 Å². The maximum absolute atomic E-state index is 11.4. The van der Waals surface area contributed by atoms with Crippen LogP contribution < -0.4 is 4.74 Å². The summed E-state index contributed by atoms with van der Waals surface area (Å²) in [5.74, 6) is -0.194. The number of hydrogen-bond donors (Lipinski definition) is 2. The number of hydrogen-bond acceptors (Lipinski definition) is 12. The first-order valence-corrected chi connectivity index (χ1v) is 13.8. The highest BCUT2D eigenvalue weighted by molar-refractivity contribution is 8.14. The molecule has 0 aromatic heterocycles. The SMILES string of the molecule is COCCOCCOCCOCCOCCOCCOCCOc1ccc(C2=N[C@@](C)(C(=O)O)CS2)c(O)c1. The number of phenols is 1. The van der Waals surface area contributed by atoms with Crippen LogP contribution >= 0.6 is 11.8 Å². The number of ether oxygens (including phenoxy) is 8. The molecule has 1 aromatic carbocycles. The molecule has 0 aliphatic carbocycles. The van der Waals surface area contributed by atoms with Gasteiger partial charge in [-0.3, -0.25) is 4.99 Å². The van der Waals surface area contributed by atoms with Crippen LogP contribution in [0.1, 0.15) is 12.5 Å². The molecule has 222 valence electrons. The number of aliphatic imine (C=N–C) groups is 1. The highest BCUT2D eigenvalue weighted by Gasteiger charge is 2.39. The molecule has 39 heavy (non-hydrogen) atoms. The number of rotatable bonds is 24. The van der Waals surface area contributed by atoms with Crippen LogP contribution in [0.15, 0.2) is 23.2 Å². The first-order chi connectivity index (χ1) is 19.0. The average molecular weight is 576 g/mol. The molecule has 1 heterocycles. The molecule has 0 saturated carbocycles. The second kappa shape index (κ2) is 20.0. The molecule has 0 radical (unpaired) electrons. The summed E-state index contributed by atoms with van der Waals surface area (Å²) in [5, 5.41) is 20.1. The van der Waals surface area contributed by atoms with Crippen molar-refractivity contribution < 1.29 is 52.9 Å². The van der Waals surface area contributed by atoms with E-state index in [1.165, 1.54) is 17.8 Å². The summed E-state index contributed by atoms with van der Waals surface area (Å²) in [6.07, 6.45) is 0. The molecule has 0 amide bonds. The van der Waals surface area contributed by atoms with E-state index in [-0.39, 0.29) is 5.75 Å². The van der Waals surface area contributed by atoms with Gasteiger partial charge >= 0.3 is 5.97 Å². The molecular formula is C26H41NO11S. The smallest absolute Gasteiger partial charge is 0.332 e. The van der Waals surface area contributed by atoms with Gasteiger partial charge in [-0.2, -0.15) is 0 Å². The van der Waals surface area contributed by atoms with E-state index in [2.05, 4.69) is 4.99 Å². The zero-order valence-corrected chi connectivity index (χ0v) is 23.6. The van der Waals surface area contributed by atoms with Crippen LogP contribution in [0.4, 0.5) is 0 Å². The van der Waals surface area contributed by atoms with E-state index in [1.807, 2.05) is 0 Å². The van der Waals surface area contributed by atoms with Crippen molar-refractivity contribution in [2.45, 2.75) is 12.5 Å². The van der Waals surface area contributed by atoms with Crippen LogP contribution in [-0.2, 0) is 38.0 Å². The number of methoxy groups -OCH3 is 1. The molecule has 0 spiro atoms. The zero-order valence-electron chi connectivity index (χ0n) is 22.8. The molecule has 2 rings (SSSR count). The lowest BCUT2D eigenvalue weighted by Gasteiger charge is -2.12. The predicted molar refractivity (Wildman–Crippen MR) is 145 cm³/mol. The minimum Gasteiger partial charge on any atom is -0.507 e. The van der Waals surface area contributed by atoms with E-state index < -0.39 is 11.5 Å². The Morgan fingerprint density at radius 2 is 1.28 bits per heavy atom. The van der Waals surface area contributed by atoms with E-state index >= 15 is 0 Å². The first kappa shape index (κ1) is 33.2. The van der Waals surface area contributed by atoms with Gasteiger partial charge in [0.15, 0.2) is 5.54 Å². The Labute approximate surface area is 233 Å². The van der Waals surface area contributed by atoms with Crippen molar-refractivity contribution in [2.24, 2.45) is 4.99 Å². The van der Waals surface area contributed by atoms with Crippen LogP contribution in [0.2, 0.25) is 0 Å². The molecule has 13 heteroatoms. The van der Waals surface area contributed by atoms with E-state index in [4.69, 9.17) is 37.9 Å². The Balaban J connectivity index is 1.38. The summed E-state index contributed by atoms with van der Waals surface area (Å²) >= 11 is 1.31. The Hall–Kier alpha value is -1.97. The van der Waals surface area contributed by atoms with Gasteiger partial charge in [-0.15, -0.1) is 11.8 Å². The summed E-state index contributed by atoms with van der Waals surface area (Å²) in [7, 11) is 1.64. The van der Waals surface area contributed by atoms with Gasteiger partial charge in [-0.25, -0.2) is 4.79 Å². The number of thioether (sulfide) groups is 1. The van der Waals surface area contributed by atoms with Crippen LogP contribution in [0.3, 0.4) is 0 Å². The minimum absolute atomic E-state index is 0.0129. The van der Waals surface area contributed by atoms with Crippen molar-refractivity contribution in [3.63, 3.8) is 0 Å². The quantitative estimate of drug-likeness (QED) is 0.174. The van der Waals surface area contributed by atoms with Crippen molar-refractivity contribution in [1.82, 2.24) is 0 Å². The van der Waals surface area contributed by atoms with Crippen molar-refractivity contribution in [3.8, 4) is 11.5 Å². The van der Waals surface area contributed by atoms with Crippen molar-refractivity contribution in [3.05, 3.63) is 23.8 Å². The number of carbonyl (C=O) groups is 1. The number of aliphatic carboxylic acids is 1. The summed E-state index contributed by atoms with van der Waals surface area (Å²) in [6.45, 7) is 8.27. The van der Waals surface area contributed by atoms with Crippen molar-refractivity contribution in [2.75, 3.05) is 105 Å². The molecule has 12 nitrogen and oxygen atoms in total. The standard InChI is InChI=1S/C26H41NO11S/c1-26(25(29)30)20-39-24(27-26)22-4-3-21(19-23(22)28)38-18-17-37-16-15-36-14-13-35-12-11-34-10-9-33-8-7-32-6-5-31-2/h3-4,19,28H,5-18,20H2,1-2H3,(H,29,30)/t26-/m1/s1. The third-order valence-corrected chi connectivity index (χ3v) is 6.58. The Kier molecular flexibility index (Phi) is 17.0. The Morgan fingerprint density at radius 1 is 0.821 bits per heavy atom. The molecule has 0 fully saturated rings. The lowest BCUT2D eigenvalue weighted by molar-refractivity contribution is -0.141. The van der Waals surface area contributed by atoms with E-state index in [1.54, 1.807) is 26.2 Å². The van der Waals surface area contributed by atoms with E-state index in [0.717, 1.165) is 0 Å². The maximum Gasteiger partial charge on any atom is 0.332 e. The normalized spacial score (nSPS) is 16.9. The molecule has 0 saturated heterocycles. The largest absolute Gasteiger partial charge is 0.507 e. The summed E-state index contributed by atoms with van der Waals surface area (Å²) < 4.78 is 43.0. The van der Waals surface area contributed by atoms with Crippen LogP contribution in [0.5, 0.6) is 11.5 Å². The maximum atomic E-state index is 11.4. The number of carboxylic acids is 1. The third kappa shape index (κ3) is 13.8. The van der Waals surface area contributed by atoms with E-state index in [9.17, 15) is 15.0 Å². The molecule has 1 aliphatic heterocycles. The average Bonchev–Trinajstić information content (AvgIpc) is 3.32. The fraction of sp³-hybridized carbons (Fsp3) is 0.692. The molecule has 1 atom stereocenters. The van der Waals surface area contributed by atoms with Crippen LogP contribution in [0, 0.1) is 0 Å². The second-order valence-corrected chi connectivity index (χ2v) is 9.44. The van der Waals surface area contributed by atoms with E-state index in [0.29, 0.717) is 115 Å². The topological polar surface area (TPSA) is 144 Å². The fourth-order valence-corrected chi connectivity index (χ4v) is 4.29. The van der Waals surface area contributed by atoms with Crippen LogP contribution in [-0.4, -0.2) is 132 Å². The molecule has 1 aliphatic rings. The number of benzene rings is 1. The first-order valence-electron chi connectivity index (χ1n) is 12.8. The summed E-state index contributed by atoms with van der Waals surface area (Å²) in [5.41, 5.74) is -0.690. The Bertz CT molecular complexity index is 857. The Morgan fingerprint density at radius 3 is 1.69 bits per heavy atom. The molecule has 1 aromatic rings. The van der Waals surface area contributed by atoms with Crippen molar-refractivity contribution in [1.29, 1.82) is 0 Å². The minimum atomic E-state index is -1.18. The van der Waals surface area contributed by atoms with Gasteiger partial charge in [0.25, 0.3) is 0 Å². The number of phenolic OH excluding ortho intramolecular Hbond substituents is 1. The molecule has 0 unspecified atom stereocenters. The lowest BCUT2D eigenvalue weighted by Crippen LogP contribution is -2.33. The molecule has 0 bridgehead atoms. The van der Waals surface area contributed by atoms with Crippen molar-refractivity contribution >= 4 is 22.8 Å². The highest BCUT2D eigenvalue weighted by Crippen LogP contribution is 2.35. The predicted octanol–water partition coefficient (Wildman–Crippen LogP) is 1.85. The van der Waals surface area contributed by atoms with Gasteiger partial charge in [0.2, 0.25) is 0 Å². The summed E-state index contributed by atoms with van der Waals surface area (Å²) in [4.78, 5) is 15.6. The highest BCUT2D eigenvalue weighted by atomic mass is 32.2. The van der Waals surface area contributed by atoms with Gasteiger partial charge in [-0.05, 0) is 19.1 Å². The zero-order chi connectivity index (χ0) is 28.2. The van der Waals surface area contributed by atoms with Gasteiger partial charge in [0, 0.05) is 24.5 Å². The van der Waals surface area contributed by atoms with Gasteiger partial charge in [0.1, 0.15) is 23.1 Å².